The van der Waals surface area contributed by atoms with E-state index in [1.165, 1.54) is 4.31 Å². The number of carbonyl (C=O) groups excluding carboxylic acids is 1. The number of nitrogens with one attached hydrogen (secondary N) is 1. The summed E-state index contributed by atoms with van der Waals surface area (Å²) < 4.78 is 34.5. The highest BCUT2D eigenvalue weighted by Crippen LogP contribution is 2.33. The lowest BCUT2D eigenvalue weighted by molar-refractivity contribution is 0.0939. The highest BCUT2D eigenvalue weighted by molar-refractivity contribution is 7.92. The van der Waals surface area contributed by atoms with Crippen LogP contribution in [0.4, 0.5) is 5.69 Å². The monoisotopic (exact) mass is 604 g/mol. The first-order valence-corrected chi connectivity index (χ1v) is 15.7. The molecule has 4 rings (SSSR count). The molecular formula is C34H37ClN2O4S. The number of sulfonamides is 1. The lowest BCUT2D eigenvalue weighted by atomic mass is 9.93. The van der Waals surface area contributed by atoms with Gasteiger partial charge in [-0.05, 0) is 103 Å². The molecular weight excluding hydrogens is 568 g/mol. The molecule has 1 amide bonds. The molecule has 4 aromatic carbocycles. The minimum absolute atomic E-state index is 0.0692. The highest BCUT2D eigenvalue weighted by atomic mass is 35.5. The van der Waals surface area contributed by atoms with Gasteiger partial charge in [-0.2, -0.15) is 0 Å². The Morgan fingerprint density at radius 3 is 2.17 bits per heavy atom. The van der Waals surface area contributed by atoms with E-state index in [2.05, 4.69) is 25.2 Å². The Labute approximate surface area is 254 Å². The molecule has 0 radical (unpaired) electrons. The number of amides is 1. The Morgan fingerprint density at radius 1 is 0.881 bits per heavy atom. The fourth-order valence-electron chi connectivity index (χ4n) is 4.97. The van der Waals surface area contributed by atoms with E-state index in [4.69, 9.17) is 16.3 Å². The first kappa shape index (κ1) is 31.1. The Bertz CT molecular complexity index is 1670. The summed E-state index contributed by atoms with van der Waals surface area (Å²) in [5, 5.41) is 3.54. The van der Waals surface area contributed by atoms with Crippen molar-refractivity contribution in [3.63, 3.8) is 0 Å². The highest BCUT2D eigenvalue weighted by Gasteiger charge is 2.27. The standard InChI is InChI=1S/C34H37ClN2O4S/c1-22(2)30-20-31(24(4)18-33(30)41-6)25(5)36-34(38)27-15-13-26(14-16-27)21-37(32-19-28(35)17-12-23(32)3)42(39,40)29-10-8-7-9-11-29/h7-20,22,25H,21H2,1-6H3,(H,36,38). The van der Waals surface area contributed by atoms with E-state index in [-0.39, 0.29) is 29.3 Å². The molecule has 220 valence electrons. The first-order chi connectivity index (χ1) is 19.9. The van der Waals surface area contributed by atoms with Crippen LogP contribution in [0.5, 0.6) is 5.75 Å². The van der Waals surface area contributed by atoms with Crippen LogP contribution in [0.25, 0.3) is 0 Å². The molecule has 8 heteroatoms. The molecule has 0 bridgehead atoms. The van der Waals surface area contributed by atoms with E-state index in [1.54, 1.807) is 79.9 Å². The third-order valence-electron chi connectivity index (χ3n) is 7.37. The molecule has 1 N–H and O–H groups in total. The number of anilines is 1. The summed E-state index contributed by atoms with van der Waals surface area (Å²) in [7, 11) is -2.23. The zero-order valence-corrected chi connectivity index (χ0v) is 26.4. The molecule has 0 heterocycles. The minimum Gasteiger partial charge on any atom is -0.496 e. The number of benzene rings is 4. The summed E-state index contributed by atoms with van der Waals surface area (Å²) in [5.74, 6) is 0.905. The molecule has 0 saturated carbocycles. The van der Waals surface area contributed by atoms with Gasteiger partial charge in [-0.25, -0.2) is 8.42 Å². The molecule has 4 aromatic rings. The first-order valence-electron chi connectivity index (χ1n) is 13.8. The largest absolute Gasteiger partial charge is 0.496 e. The number of hydrogen-bond donors (Lipinski definition) is 1. The van der Waals surface area contributed by atoms with Crippen molar-refractivity contribution in [1.82, 2.24) is 5.32 Å². The number of carbonyl (C=O) groups is 1. The third kappa shape index (κ3) is 6.80. The Kier molecular flexibility index (Phi) is 9.64. The van der Waals surface area contributed by atoms with Gasteiger partial charge >= 0.3 is 0 Å². The predicted molar refractivity (Wildman–Crippen MR) is 170 cm³/mol. The maximum atomic E-state index is 13.8. The van der Waals surface area contributed by atoms with Crippen molar-refractivity contribution in [2.45, 2.75) is 58.0 Å². The zero-order chi connectivity index (χ0) is 30.6. The maximum Gasteiger partial charge on any atom is 0.264 e. The molecule has 1 atom stereocenters. The molecule has 0 saturated heterocycles. The van der Waals surface area contributed by atoms with Crippen molar-refractivity contribution < 1.29 is 17.9 Å². The van der Waals surface area contributed by atoms with Crippen LogP contribution in [0.3, 0.4) is 0 Å². The Balaban J connectivity index is 1.58. The van der Waals surface area contributed by atoms with E-state index < -0.39 is 10.0 Å². The number of methoxy groups -OCH3 is 1. The molecule has 0 spiro atoms. The smallest absolute Gasteiger partial charge is 0.264 e. The number of halogens is 1. The fraction of sp³-hybridized carbons (Fsp3) is 0.265. The Morgan fingerprint density at radius 2 is 1.55 bits per heavy atom. The predicted octanol–water partition coefficient (Wildman–Crippen LogP) is 7.98. The topological polar surface area (TPSA) is 75.7 Å². The second-order valence-corrected chi connectivity index (χ2v) is 13.1. The summed E-state index contributed by atoms with van der Waals surface area (Å²) in [6.07, 6.45) is 0. The van der Waals surface area contributed by atoms with E-state index in [0.717, 1.165) is 33.6 Å². The maximum absolute atomic E-state index is 13.8. The summed E-state index contributed by atoms with van der Waals surface area (Å²) in [5.41, 5.74) is 5.64. The second kappa shape index (κ2) is 13.0. The molecule has 1 unspecified atom stereocenters. The van der Waals surface area contributed by atoms with Crippen molar-refractivity contribution in [1.29, 1.82) is 0 Å². The van der Waals surface area contributed by atoms with Gasteiger partial charge in [0, 0.05) is 10.6 Å². The van der Waals surface area contributed by atoms with Crippen molar-refractivity contribution in [2.24, 2.45) is 0 Å². The van der Waals surface area contributed by atoms with Crippen LogP contribution in [0.1, 0.15) is 70.9 Å². The molecule has 42 heavy (non-hydrogen) atoms. The van der Waals surface area contributed by atoms with Crippen LogP contribution < -0.4 is 14.4 Å². The van der Waals surface area contributed by atoms with Crippen molar-refractivity contribution in [3.8, 4) is 5.75 Å². The van der Waals surface area contributed by atoms with Crippen molar-refractivity contribution in [2.75, 3.05) is 11.4 Å². The molecule has 0 aromatic heterocycles. The van der Waals surface area contributed by atoms with Gasteiger partial charge in [0.05, 0.1) is 30.3 Å². The van der Waals surface area contributed by atoms with Crippen LogP contribution in [-0.2, 0) is 16.6 Å². The van der Waals surface area contributed by atoms with Gasteiger partial charge in [-0.15, -0.1) is 0 Å². The normalized spacial score (nSPS) is 12.2. The molecule has 6 nitrogen and oxygen atoms in total. The average molecular weight is 605 g/mol. The lowest BCUT2D eigenvalue weighted by Crippen LogP contribution is -2.31. The van der Waals surface area contributed by atoms with Gasteiger partial charge in [0.2, 0.25) is 0 Å². The van der Waals surface area contributed by atoms with Crippen LogP contribution in [0.2, 0.25) is 5.02 Å². The number of aryl methyl sites for hydroxylation is 2. The number of rotatable bonds is 10. The quantitative estimate of drug-likeness (QED) is 0.199. The number of nitrogens with zero attached hydrogens (tertiary/aromatic N) is 1. The summed E-state index contributed by atoms with van der Waals surface area (Å²) in [4.78, 5) is 13.4. The fourth-order valence-corrected chi connectivity index (χ4v) is 6.66. The summed E-state index contributed by atoms with van der Waals surface area (Å²) in [6, 6.07) is 24.4. The van der Waals surface area contributed by atoms with E-state index in [9.17, 15) is 13.2 Å². The lowest BCUT2D eigenvalue weighted by Gasteiger charge is -2.26. The Hall–Kier alpha value is -3.81. The molecule has 0 aliphatic carbocycles. The summed E-state index contributed by atoms with van der Waals surface area (Å²) in [6.45, 7) is 10.1. The molecule has 0 aliphatic rings. The van der Waals surface area contributed by atoms with Gasteiger partial charge in [0.25, 0.3) is 15.9 Å². The second-order valence-electron chi connectivity index (χ2n) is 10.8. The van der Waals surface area contributed by atoms with Gasteiger partial charge in [-0.1, -0.05) is 61.8 Å². The SMILES string of the molecule is COc1cc(C)c(C(C)NC(=O)c2ccc(CN(c3cc(Cl)ccc3C)S(=O)(=O)c3ccccc3)cc2)cc1C(C)C. The summed E-state index contributed by atoms with van der Waals surface area (Å²) >= 11 is 6.28. The van der Waals surface area contributed by atoms with Crippen LogP contribution in [-0.4, -0.2) is 21.4 Å². The van der Waals surface area contributed by atoms with Gasteiger partial charge in [-0.3, -0.25) is 9.10 Å². The van der Waals surface area contributed by atoms with E-state index >= 15 is 0 Å². The van der Waals surface area contributed by atoms with Gasteiger partial charge in [0.1, 0.15) is 5.75 Å². The molecule has 0 aliphatic heterocycles. The van der Waals surface area contributed by atoms with Crippen LogP contribution in [0, 0.1) is 13.8 Å². The molecule has 0 fully saturated rings. The minimum atomic E-state index is -3.90. The van der Waals surface area contributed by atoms with Gasteiger partial charge in [0.15, 0.2) is 0 Å². The number of ether oxygens (including phenoxy) is 1. The number of hydrogen-bond acceptors (Lipinski definition) is 4. The van der Waals surface area contributed by atoms with E-state index in [1.807, 2.05) is 26.8 Å². The van der Waals surface area contributed by atoms with Crippen molar-refractivity contribution in [3.05, 3.63) is 123 Å². The van der Waals surface area contributed by atoms with Gasteiger partial charge < -0.3 is 10.1 Å². The van der Waals surface area contributed by atoms with Crippen LogP contribution >= 0.6 is 11.6 Å². The van der Waals surface area contributed by atoms with E-state index in [0.29, 0.717) is 16.3 Å². The average Bonchev–Trinajstić information content (AvgIpc) is 2.97. The zero-order valence-electron chi connectivity index (χ0n) is 24.8. The van der Waals surface area contributed by atoms with Crippen molar-refractivity contribution >= 4 is 33.2 Å². The van der Waals surface area contributed by atoms with Crippen LogP contribution in [0.15, 0.2) is 89.8 Å². The third-order valence-corrected chi connectivity index (χ3v) is 9.38.